The summed E-state index contributed by atoms with van der Waals surface area (Å²) in [5.41, 5.74) is 7.09. The van der Waals surface area contributed by atoms with Gasteiger partial charge in [-0.2, -0.15) is 0 Å². The van der Waals surface area contributed by atoms with E-state index >= 15 is 0 Å². The van der Waals surface area contributed by atoms with Gasteiger partial charge in [0.25, 0.3) is 0 Å². The van der Waals surface area contributed by atoms with Gasteiger partial charge in [0, 0.05) is 60.4 Å². The van der Waals surface area contributed by atoms with E-state index in [4.69, 9.17) is 9.47 Å². The molecular formula is C28H38N4O3S. The van der Waals surface area contributed by atoms with Crippen molar-refractivity contribution in [2.45, 2.75) is 56.4 Å². The second kappa shape index (κ2) is 10.1. The Morgan fingerprint density at radius 3 is 2.19 bits per heavy atom. The zero-order chi connectivity index (χ0) is 25.4. The maximum atomic E-state index is 12.5. The summed E-state index contributed by atoms with van der Waals surface area (Å²) in [4.78, 5) is 21.7. The number of rotatable bonds is 3. The number of piperazine rings is 1. The van der Waals surface area contributed by atoms with Gasteiger partial charge in [-0.05, 0) is 69.5 Å². The van der Waals surface area contributed by atoms with E-state index in [1.54, 1.807) is 0 Å². The van der Waals surface area contributed by atoms with Crippen LogP contribution in [0, 0.1) is 6.92 Å². The highest BCUT2D eigenvalue weighted by molar-refractivity contribution is 7.99. The Kier molecular flexibility index (Phi) is 7.01. The first-order valence-electron chi connectivity index (χ1n) is 13.0. The van der Waals surface area contributed by atoms with E-state index < -0.39 is 5.60 Å². The van der Waals surface area contributed by atoms with E-state index in [1.165, 1.54) is 43.7 Å². The van der Waals surface area contributed by atoms with Gasteiger partial charge in [-0.15, -0.1) is 0 Å². The Morgan fingerprint density at radius 1 is 0.944 bits per heavy atom. The molecule has 1 amide bonds. The number of nitrogens with zero attached hydrogens (tertiary/aromatic N) is 3. The Balaban J connectivity index is 1.35. The number of ether oxygens (including phenoxy) is 2. The van der Waals surface area contributed by atoms with Gasteiger partial charge in [0.2, 0.25) is 0 Å². The van der Waals surface area contributed by atoms with Crippen molar-refractivity contribution in [3.05, 3.63) is 35.4 Å². The van der Waals surface area contributed by atoms with Crippen molar-refractivity contribution in [3.63, 3.8) is 0 Å². The minimum absolute atomic E-state index is 0.218. The number of nitrogens with one attached hydrogen (secondary N) is 1. The molecule has 0 aliphatic carbocycles. The summed E-state index contributed by atoms with van der Waals surface area (Å²) in [5.74, 6) is 0. The van der Waals surface area contributed by atoms with Crippen LogP contribution in [0.3, 0.4) is 0 Å². The third-order valence-electron chi connectivity index (χ3n) is 6.98. The molecule has 2 aromatic carbocycles. The van der Waals surface area contributed by atoms with Crippen molar-refractivity contribution < 1.29 is 14.3 Å². The molecule has 3 heterocycles. The van der Waals surface area contributed by atoms with Crippen LogP contribution in [0.15, 0.2) is 34.1 Å². The highest BCUT2D eigenvalue weighted by Crippen LogP contribution is 2.49. The Hall–Kier alpha value is -2.58. The molecule has 1 N–H and O–H groups in total. The molecule has 2 fully saturated rings. The average molecular weight is 511 g/mol. The van der Waals surface area contributed by atoms with Gasteiger partial charge in [0.05, 0.1) is 24.6 Å². The second-order valence-corrected chi connectivity index (χ2v) is 11.8. The van der Waals surface area contributed by atoms with Gasteiger partial charge in [0.15, 0.2) is 0 Å². The zero-order valence-electron chi connectivity index (χ0n) is 22.1. The van der Waals surface area contributed by atoms with Crippen molar-refractivity contribution >= 4 is 40.6 Å². The number of benzene rings is 2. The molecule has 3 aliphatic rings. The third kappa shape index (κ3) is 5.25. The predicted octanol–water partition coefficient (Wildman–Crippen LogP) is 5.66. The molecular weight excluding hydrogens is 472 g/mol. The molecule has 2 saturated heterocycles. The molecule has 0 bridgehead atoms. The van der Waals surface area contributed by atoms with Gasteiger partial charge in [-0.25, -0.2) is 4.79 Å². The highest BCUT2D eigenvalue weighted by Gasteiger charge is 2.28. The first-order chi connectivity index (χ1) is 17.2. The lowest BCUT2D eigenvalue weighted by molar-refractivity contribution is 0.0240. The average Bonchev–Trinajstić information content (AvgIpc) is 2.86. The summed E-state index contributed by atoms with van der Waals surface area (Å²) in [7, 11) is 0. The maximum absolute atomic E-state index is 12.5. The molecule has 0 unspecified atom stereocenters. The number of anilines is 4. The van der Waals surface area contributed by atoms with Crippen LogP contribution in [0.5, 0.6) is 0 Å². The van der Waals surface area contributed by atoms with Crippen LogP contribution in [0.4, 0.5) is 27.5 Å². The first kappa shape index (κ1) is 25.1. The lowest BCUT2D eigenvalue weighted by Gasteiger charge is -2.37. The van der Waals surface area contributed by atoms with Crippen LogP contribution in [-0.4, -0.2) is 69.1 Å². The van der Waals surface area contributed by atoms with Crippen molar-refractivity contribution in [1.82, 2.24) is 4.90 Å². The topological polar surface area (TPSA) is 57.3 Å². The molecule has 194 valence electrons. The number of carbonyl (C=O) groups is 1. The van der Waals surface area contributed by atoms with Gasteiger partial charge >= 0.3 is 6.09 Å². The lowest BCUT2D eigenvalue weighted by Crippen LogP contribution is -2.50. The van der Waals surface area contributed by atoms with E-state index in [-0.39, 0.29) is 6.09 Å². The van der Waals surface area contributed by atoms with Crippen LogP contribution < -0.4 is 15.1 Å². The monoisotopic (exact) mass is 510 g/mol. The number of morpholine rings is 1. The van der Waals surface area contributed by atoms with E-state index in [0.29, 0.717) is 13.1 Å². The highest BCUT2D eigenvalue weighted by atomic mass is 32.2. The molecule has 0 atom stereocenters. The van der Waals surface area contributed by atoms with Gasteiger partial charge in [-0.3, -0.25) is 0 Å². The van der Waals surface area contributed by atoms with Crippen LogP contribution in [0.2, 0.25) is 0 Å². The summed E-state index contributed by atoms with van der Waals surface area (Å²) < 4.78 is 11.1. The van der Waals surface area contributed by atoms with Crippen molar-refractivity contribution in [2.75, 3.05) is 67.6 Å². The molecule has 8 heteroatoms. The van der Waals surface area contributed by atoms with Crippen molar-refractivity contribution in [1.29, 1.82) is 0 Å². The quantitative estimate of drug-likeness (QED) is 0.488. The van der Waals surface area contributed by atoms with Crippen LogP contribution in [0.1, 0.15) is 38.8 Å². The number of hydrogen-bond acceptors (Lipinski definition) is 7. The molecule has 5 rings (SSSR count). The number of amides is 1. The Morgan fingerprint density at radius 2 is 1.56 bits per heavy atom. The second-order valence-electron chi connectivity index (χ2n) is 10.7. The van der Waals surface area contributed by atoms with Gasteiger partial charge in [0.1, 0.15) is 5.60 Å². The largest absolute Gasteiger partial charge is 0.444 e. The summed E-state index contributed by atoms with van der Waals surface area (Å²) in [6.07, 6.45) is 0.742. The summed E-state index contributed by atoms with van der Waals surface area (Å²) in [6, 6.07) is 9.26. The van der Waals surface area contributed by atoms with Crippen LogP contribution >= 0.6 is 11.8 Å². The fourth-order valence-electron chi connectivity index (χ4n) is 5.04. The molecule has 0 spiro atoms. The lowest BCUT2D eigenvalue weighted by atomic mass is 10.1. The van der Waals surface area contributed by atoms with E-state index in [9.17, 15) is 4.79 Å². The maximum Gasteiger partial charge on any atom is 0.410 e. The number of carbonyl (C=O) groups excluding carboxylic acids is 1. The van der Waals surface area contributed by atoms with E-state index in [0.717, 1.165) is 45.8 Å². The van der Waals surface area contributed by atoms with Gasteiger partial charge < -0.3 is 29.5 Å². The molecule has 0 saturated carbocycles. The van der Waals surface area contributed by atoms with E-state index in [1.807, 2.05) is 37.4 Å². The van der Waals surface area contributed by atoms with Crippen molar-refractivity contribution in [2.24, 2.45) is 0 Å². The minimum atomic E-state index is -0.469. The predicted molar refractivity (Wildman–Crippen MR) is 147 cm³/mol. The van der Waals surface area contributed by atoms with Gasteiger partial charge in [-0.1, -0.05) is 18.7 Å². The Labute approximate surface area is 219 Å². The zero-order valence-corrected chi connectivity index (χ0v) is 23.0. The fraction of sp³-hybridized carbons (Fsp3) is 0.536. The molecule has 7 nitrogen and oxygen atoms in total. The first-order valence-corrected chi connectivity index (χ1v) is 13.9. The minimum Gasteiger partial charge on any atom is -0.444 e. The molecule has 0 radical (unpaired) electrons. The molecule has 36 heavy (non-hydrogen) atoms. The molecule has 2 aromatic rings. The summed E-state index contributed by atoms with van der Waals surface area (Å²) in [5, 5.41) is 3.78. The number of aryl methyl sites for hydroxylation is 2. The van der Waals surface area contributed by atoms with Crippen LogP contribution in [0.25, 0.3) is 0 Å². The Bertz CT molecular complexity index is 1130. The summed E-state index contributed by atoms with van der Waals surface area (Å²) in [6.45, 7) is 16.5. The van der Waals surface area contributed by atoms with E-state index in [2.05, 4.69) is 53.2 Å². The summed E-state index contributed by atoms with van der Waals surface area (Å²) >= 11 is 1.86. The normalized spacial score (nSPS) is 17.9. The standard InChI is InChI=1S/C28H38N4O3S/c1-6-20-16-22(30-7-9-32(10-8-30)27(33)35-28(3,4)5)18-24-26(20)29-25-19(2)15-21(17-23(25)36-24)31-11-13-34-14-12-31/h15-18,29H,6-14H2,1-5H3. The SMILES string of the molecule is CCc1cc(N2CCN(C(=O)OC(C)(C)C)CC2)cc2c1Nc1c(C)cc(N3CCOCC3)cc1S2. The fourth-order valence-corrected chi connectivity index (χ4v) is 6.23. The number of hydrogen-bond donors (Lipinski definition) is 1. The molecule has 3 aliphatic heterocycles. The smallest absolute Gasteiger partial charge is 0.410 e. The number of fused-ring (bicyclic) bond motifs is 2. The van der Waals surface area contributed by atoms with Crippen molar-refractivity contribution in [3.8, 4) is 0 Å². The third-order valence-corrected chi connectivity index (χ3v) is 8.06. The molecule has 0 aromatic heterocycles. The van der Waals surface area contributed by atoms with Crippen LogP contribution in [-0.2, 0) is 15.9 Å².